The van der Waals surface area contributed by atoms with Gasteiger partial charge in [0.05, 0.1) is 5.56 Å². The lowest BCUT2D eigenvalue weighted by molar-refractivity contribution is 0.0697. The standard InChI is InChI=1S/C17H25NO2/c1-2-3-5-14-6-4-7-16(14)18-12-13-8-10-15(11-9-13)17(19)20/h8-11,14,16,18H,2-7,12H2,1H3,(H,19,20). The third-order valence-corrected chi connectivity index (χ3v) is 4.36. The number of benzene rings is 1. The first-order valence-corrected chi connectivity index (χ1v) is 7.76. The van der Waals surface area contributed by atoms with E-state index in [1.54, 1.807) is 12.1 Å². The largest absolute Gasteiger partial charge is 0.478 e. The van der Waals surface area contributed by atoms with Gasteiger partial charge in [0, 0.05) is 12.6 Å². The van der Waals surface area contributed by atoms with E-state index in [4.69, 9.17) is 5.11 Å². The van der Waals surface area contributed by atoms with Gasteiger partial charge < -0.3 is 10.4 Å². The molecule has 2 rings (SSSR count). The SMILES string of the molecule is CCCCC1CCCC1NCc1ccc(C(=O)O)cc1. The van der Waals surface area contributed by atoms with Gasteiger partial charge in [-0.05, 0) is 42.9 Å². The number of rotatable bonds is 7. The average molecular weight is 275 g/mol. The molecule has 2 atom stereocenters. The summed E-state index contributed by atoms with van der Waals surface area (Å²) < 4.78 is 0. The smallest absolute Gasteiger partial charge is 0.335 e. The minimum absolute atomic E-state index is 0.357. The van der Waals surface area contributed by atoms with E-state index < -0.39 is 5.97 Å². The number of hydrogen-bond donors (Lipinski definition) is 2. The van der Waals surface area contributed by atoms with Gasteiger partial charge in [0.1, 0.15) is 0 Å². The van der Waals surface area contributed by atoms with Crippen LogP contribution in [0, 0.1) is 5.92 Å². The summed E-state index contributed by atoms with van der Waals surface area (Å²) in [6.07, 6.45) is 7.92. The average Bonchev–Trinajstić information content (AvgIpc) is 2.90. The highest BCUT2D eigenvalue weighted by Gasteiger charge is 2.25. The van der Waals surface area contributed by atoms with Crippen molar-refractivity contribution in [2.75, 3.05) is 0 Å². The molecular weight excluding hydrogens is 250 g/mol. The van der Waals surface area contributed by atoms with Crippen LogP contribution < -0.4 is 5.32 Å². The molecule has 1 aliphatic carbocycles. The molecule has 0 aliphatic heterocycles. The fourth-order valence-corrected chi connectivity index (χ4v) is 3.13. The van der Waals surface area contributed by atoms with Crippen molar-refractivity contribution in [1.82, 2.24) is 5.32 Å². The van der Waals surface area contributed by atoms with Crippen molar-refractivity contribution >= 4 is 5.97 Å². The molecule has 1 fully saturated rings. The van der Waals surface area contributed by atoms with Crippen LogP contribution in [0.1, 0.15) is 61.4 Å². The highest BCUT2D eigenvalue weighted by molar-refractivity contribution is 5.87. The maximum Gasteiger partial charge on any atom is 0.335 e. The summed E-state index contributed by atoms with van der Waals surface area (Å²) in [5.74, 6) is -0.0341. The quantitative estimate of drug-likeness (QED) is 0.795. The Hall–Kier alpha value is -1.35. The highest BCUT2D eigenvalue weighted by atomic mass is 16.4. The molecule has 1 aromatic rings. The van der Waals surface area contributed by atoms with E-state index in [0.717, 1.165) is 18.0 Å². The number of carboxylic acids is 1. The van der Waals surface area contributed by atoms with E-state index in [1.165, 1.54) is 38.5 Å². The van der Waals surface area contributed by atoms with Crippen molar-refractivity contribution in [1.29, 1.82) is 0 Å². The van der Waals surface area contributed by atoms with Gasteiger partial charge in [-0.2, -0.15) is 0 Å². The Balaban J connectivity index is 1.83. The van der Waals surface area contributed by atoms with Crippen molar-refractivity contribution in [2.45, 2.75) is 58.0 Å². The zero-order valence-electron chi connectivity index (χ0n) is 12.3. The number of nitrogens with one attached hydrogen (secondary N) is 1. The van der Waals surface area contributed by atoms with Gasteiger partial charge in [0.15, 0.2) is 0 Å². The zero-order chi connectivity index (χ0) is 14.4. The Kier molecular flexibility index (Phi) is 5.60. The lowest BCUT2D eigenvalue weighted by Gasteiger charge is -2.21. The lowest BCUT2D eigenvalue weighted by Crippen LogP contribution is -2.31. The second-order valence-electron chi connectivity index (χ2n) is 5.82. The van der Waals surface area contributed by atoms with Crippen LogP contribution in [0.2, 0.25) is 0 Å². The molecule has 3 heteroatoms. The molecule has 1 aliphatic rings. The van der Waals surface area contributed by atoms with E-state index in [1.807, 2.05) is 12.1 Å². The Morgan fingerprint density at radius 3 is 2.70 bits per heavy atom. The molecule has 0 heterocycles. The molecule has 3 nitrogen and oxygen atoms in total. The van der Waals surface area contributed by atoms with Crippen molar-refractivity contribution in [2.24, 2.45) is 5.92 Å². The Morgan fingerprint density at radius 1 is 1.30 bits per heavy atom. The molecule has 2 N–H and O–H groups in total. The summed E-state index contributed by atoms with van der Waals surface area (Å²) in [6, 6.07) is 7.82. The van der Waals surface area contributed by atoms with Crippen LogP contribution >= 0.6 is 0 Å². The Bertz CT molecular complexity index is 427. The van der Waals surface area contributed by atoms with Crippen molar-refractivity contribution in [3.05, 3.63) is 35.4 Å². The second kappa shape index (κ2) is 7.44. The Labute approximate surface area is 121 Å². The first-order chi connectivity index (χ1) is 9.70. The molecule has 0 saturated heterocycles. The summed E-state index contributed by atoms with van der Waals surface area (Å²) in [6.45, 7) is 3.09. The molecule has 1 aromatic carbocycles. The fourth-order valence-electron chi connectivity index (χ4n) is 3.13. The normalized spacial score (nSPS) is 22.1. The van der Waals surface area contributed by atoms with Gasteiger partial charge in [0.2, 0.25) is 0 Å². The molecule has 110 valence electrons. The number of unbranched alkanes of at least 4 members (excludes halogenated alkanes) is 1. The zero-order valence-corrected chi connectivity index (χ0v) is 12.3. The van der Waals surface area contributed by atoms with E-state index in [-0.39, 0.29) is 0 Å². The summed E-state index contributed by atoms with van der Waals surface area (Å²) in [7, 11) is 0. The van der Waals surface area contributed by atoms with Gasteiger partial charge in [-0.15, -0.1) is 0 Å². The maximum atomic E-state index is 10.8. The number of hydrogen-bond acceptors (Lipinski definition) is 2. The molecule has 2 unspecified atom stereocenters. The minimum atomic E-state index is -0.861. The van der Waals surface area contributed by atoms with E-state index in [9.17, 15) is 4.79 Å². The lowest BCUT2D eigenvalue weighted by atomic mass is 9.96. The summed E-state index contributed by atoms with van der Waals surface area (Å²) >= 11 is 0. The molecular formula is C17H25NO2. The van der Waals surface area contributed by atoms with Crippen molar-refractivity contribution < 1.29 is 9.90 Å². The molecule has 1 saturated carbocycles. The highest BCUT2D eigenvalue weighted by Crippen LogP contribution is 2.30. The summed E-state index contributed by atoms with van der Waals surface area (Å²) in [5.41, 5.74) is 1.52. The summed E-state index contributed by atoms with van der Waals surface area (Å²) in [5, 5.41) is 12.5. The number of aromatic carboxylic acids is 1. The molecule has 20 heavy (non-hydrogen) atoms. The molecule has 0 radical (unpaired) electrons. The van der Waals surface area contributed by atoms with Crippen molar-refractivity contribution in [3.8, 4) is 0 Å². The number of carbonyl (C=O) groups is 1. The van der Waals surface area contributed by atoms with Gasteiger partial charge in [-0.25, -0.2) is 4.79 Å². The monoisotopic (exact) mass is 275 g/mol. The van der Waals surface area contributed by atoms with Crippen LogP contribution in [0.4, 0.5) is 0 Å². The van der Waals surface area contributed by atoms with Crippen LogP contribution in [0.5, 0.6) is 0 Å². The summed E-state index contributed by atoms with van der Waals surface area (Å²) in [4.78, 5) is 10.8. The van der Waals surface area contributed by atoms with Crippen LogP contribution in [-0.2, 0) is 6.54 Å². The van der Waals surface area contributed by atoms with Gasteiger partial charge >= 0.3 is 5.97 Å². The number of carboxylic acid groups (broad SMARTS) is 1. The van der Waals surface area contributed by atoms with Gasteiger partial charge in [-0.1, -0.05) is 38.3 Å². The van der Waals surface area contributed by atoms with Crippen LogP contribution in [0.3, 0.4) is 0 Å². The maximum absolute atomic E-state index is 10.8. The first-order valence-electron chi connectivity index (χ1n) is 7.76. The van der Waals surface area contributed by atoms with Crippen LogP contribution in [0.25, 0.3) is 0 Å². The third-order valence-electron chi connectivity index (χ3n) is 4.36. The second-order valence-corrected chi connectivity index (χ2v) is 5.82. The fraction of sp³-hybridized carbons (Fsp3) is 0.588. The van der Waals surface area contributed by atoms with Gasteiger partial charge in [-0.3, -0.25) is 0 Å². The predicted octanol–water partition coefficient (Wildman–Crippen LogP) is 3.83. The Morgan fingerprint density at radius 2 is 2.05 bits per heavy atom. The molecule has 0 aromatic heterocycles. The third kappa shape index (κ3) is 4.07. The minimum Gasteiger partial charge on any atom is -0.478 e. The van der Waals surface area contributed by atoms with Crippen molar-refractivity contribution in [3.63, 3.8) is 0 Å². The van der Waals surface area contributed by atoms with E-state index in [2.05, 4.69) is 12.2 Å². The molecule has 0 amide bonds. The molecule has 0 bridgehead atoms. The van der Waals surface area contributed by atoms with Crippen LogP contribution in [0.15, 0.2) is 24.3 Å². The predicted molar refractivity (Wildman–Crippen MR) is 80.9 cm³/mol. The van der Waals surface area contributed by atoms with Crippen LogP contribution in [-0.4, -0.2) is 17.1 Å². The topological polar surface area (TPSA) is 49.3 Å². The molecule has 0 spiro atoms. The van der Waals surface area contributed by atoms with Gasteiger partial charge in [0.25, 0.3) is 0 Å². The van der Waals surface area contributed by atoms with E-state index in [0.29, 0.717) is 11.6 Å². The van der Waals surface area contributed by atoms with E-state index >= 15 is 0 Å². The first kappa shape index (κ1) is 15.0.